The average Bonchev–Trinajstić information content (AvgIpc) is 2.88. The van der Waals surface area contributed by atoms with Crippen molar-refractivity contribution >= 4 is 35.4 Å². The monoisotopic (exact) mass is 444 g/mol. The molecular formula is C18H19F3N4O6. The maximum absolute atomic E-state index is 13.5. The van der Waals surface area contributed by atoms with E-state index in [2.05, 4.69) is 10.6 Å². The van der Waals surface area contributed by atoms with Crippen molar-refractivity contribution in [1.82, 2.24) is 15.5 Å². The number of nitrogens with one attached hydrogen (secondary N) is 3. The lowest BCUT2D eigenvalue weighted by Gasteiger charge is -2.17. The van der Waals surface area contributed by atoms with E-state index in [-0.39, 0.29) is 0 Å². The third kappa shape index (κ3) is 5.49. The highest BCUT2D eigenvalue weighted by atomic mass is 19.2. The van der Waals surface area contributed by atoms with Gasteiger partial charge in [0.2, 0.25) is 5.91 Å². The number of hydrogen-bond donors (Lipinski definition) is 3. The topological polar surface area (TPSA) is 134 Å². The Kier molecular flexibility index (Phi) is 6.88. The first-order valence-corrected chi connectivity index (χ1v) is 8.88. The molecule has 1 aromatic rings. The van der Waals surface area contributed by atoms with E-state index in [9.17, 15) is 37.1 Å². The van der Waals surface area contributed by atoms with Crippen molar-refractivity contribution in [3.05, 3.63) is 29.6 Å². The first-order valence-electron chi connectivity index (χ1n) is 8.88. The summed E-state index contributed by atoms with van der Waals surface area (Å²) in [6.07, 6.45) is -1.39. The number of nitrogens with zero attached hydrogens (tertiary/aromatic N) is 1. The van der Waals surface area contributed by atoms with Crippen LogP contribution in [0.5, 0.6) is 0 Å². The van der Waals surface area contributed by atoms with Crippen LogP contribution in [0.2, 0.25) is 0 Å². The first kappa shape index (κ1) is 23.6. The van der Waals surface area contributed by atoms with E-state index in [1.54, 1.807) is 0 Å². The molecule has 0 radical (unpaired) electrons. The molecule has 0 bridgehead atoms. The number of hydrogen-bond acceptors (Lipinski definition) is 6. The van der Waals surface area contributed by atoms with Gasteiger partial charge in [-0.1, -0.05) is 0 Å². The molecule has 1 saturated heterocycles. The molecule has 1 heterocycles. The minimum absolute atomic E-state index is 0.612. The Morgan fingerprint density at radius 1 is 1.16 bits per heavy atom. The van der Waals surface area contributed by atoms with Gasteiger partial charge >= 0.3 is 12.0 Å². The molecule has 1 aromatic carbocycles. The minimum atomic E-state index is -1.77. The summed E-state index contributed by atoms with van der Waals surface area (Å²) in [5.41, 5.74) is -1.81. The van der Waals surface area contributed by atoms with Crippen LogP contribution < -0.4 is 16.0 Å². The standard InChI is InChI=1S/C18H19F3N4O6/c1-8(31-12(27)7-25-16(29)18(2,3)24-17(25)30)15(28)22-6-11(26)23-10-5-4-9(19)13(20)14(10)21/h4-5,8H,6-7H2,1-3H3,(H,22,28)(H,23,26)(H,24,30). The van der Waals surface area contributed by atoms with Crippen LogP contribution in [0.25, 0.3) is 0 Å². The summed E-state index contributed by atoms with van der Waals surface area (Å²) >= 11 is 0. The van der Waals surface area contributed by atoms with Crippen molar-refractivity contribution in [2.45, 2.75) is 32.4 Å². The number of amides is 5. The number of carbonyl (C=O) groups excluding carboxylic acids is 5. The highest BCUT2D eigenvalue weighted by Crippen LogP contribution is 2.19. The van der Waals surface area contributed by atoms with Crippen molar-refractivity contribution in [1.29, 1.82) is 0 Å². The number of esters is 1. The molecule has 13 heteroatoms. The van der Waals surface area contributed by atoms with E-state index >= 15 is 0 Å². The van der Waals surface area contributed by atoms with Gasteiger partial charge in [-0.25, -0.2) is 18.0 Å². The number of halogens is 3. The number of ether oxygens (including phenoxy) is 1. The lowest BCUT2D eigenvalue weighted by molar-refractivity contribution is -0.156. The SMILES string of the molecule is CC(OC(=O)CN1C(=O)NC(C)(C)C1=O)C(=O)NCC(=O)Nc1ccc(F)c(F)c1F. The fourth-order valence-corrected chi connectivity index (χ4v) is 2.51. The summed E-state index contributed by atoms with van der Waals surface area (Å²) in [6.45, 7) is 2.66. The molecule has 0 spiro atoms. The van der Waals surface area contributed by atoms with Gasteiger partial charge in [-0.15, -0.1) is 0 Å². The van der Waals surface area contributed by atoms with Crippen molar-refractivity contribution in [2.24, 2.45) is 0 Å². The van der Waals surface area contributed by atoms with Crippen molar-refractivity contribution < 1.29 is 41.9 Å². The largest absolute Gasteiger partial charge is 0.451 e. The molecule has 1 aliphatic heterocycles. The predicted octanol–water partition coefficient (Wildman–Crippen LogP) is 0.421. The Hall–Kier alpha value is -3.64. The molecule has 5 amide bonds. The summed E-state index contributed by atoms with van der Waals surface area (Å²) in [5.74, 6) is -8.37. The molecule has 10 nitrogen and oxygen atoms in total. The highest BCUT2D eigenvalue weighted by molar-refractivity contribution is 6.08. The van der Waals surface area contributed by atoms with Crippen LogP contribution in [-0.2, 0) is 23.9 Å². The van der Waals surface area contributed by atoms with Crippen LogP contribution in [-0.4, -0.2) is 59.4 Å². The number of anilines is 1. The van der Waals surface area contributed by atoms with Gasteiger partial charge in [-0.05, 0) is 32.9 Å². The quantitative estimate of drug-likeness (QED) is 0.317. The van der Waals surface area contributed by atoms with Gasteiger partial charge < -0.3 is 20.7 Å². The zero-order valence-corrected chi connectivity index (χ0v) is 16.7. The summed E-state index contributed by atoms with van der Waals surface area (Å²) in [5, 5.41) is 6.42. The lowest BCUT2D eigenvalue weighted by atomic mass is 10.1. The third-order valence-electron chi connectivity index (χ3n) is 4.14. The third-order valence-corrected chi connectivity index (χ3v) is 4.14. The molecule has 1 fully saturated rings. The van der Waals surface area contributed by atoms with E-state index in [0.717, 1.165) is 6.07 Å². The Labute approximate surface area is 174 Å². The fraction of sp³-hybridized carbons (Fsp3) is 0.389. The zero-order valence-electron chi connectivity index (χ0n) is 16.7. The normalized spacial score (nSPS) is 15.9. The number of carbonyl (C=O) groups is 5. The van der Waals surface area contributed by atoms with Gasteiger partial charge in [0.15, 0.2) is 23.6 Å². The Morgan fingerprint density at radius 2 is 1.81 bits per heavy atom. The molecule has 2 rings (SSSR count). The molecule has 0 aromatic heterocycles. The number of imide groups is 1. The lowest BCUT2D eigenvalue weighted by Crippen LogP contribution is -2.43. The molecule has 1 unspecified atom stereocenters. The summed E-state index contributed by atoms with van der Waals surface area (Å²) in [6, 6.07) is 0.625. The maximum atomic E-state index is 13.5. The van der Waals surface area contributed by atoms with Gasteiger partial charge in [0, 0.05) is 0 Å². The molecule has 0 aliphatic carbocycles. The summed E-state index contributed by atoms with van der Waals surface area (Å²) < 4.78 is 44.4. The van der Waals surface area contributed by atoms with Crippen LogP contribution in [0.1, 0.15) is 20.8 Å². The van der Waals surface area contributed by atoms with Crippen molar-refractivity contribution in [3.63, 3.8) is 0 Å². The molecule has 3 N–H and O–H groups in total. The van der Waals surface area contributed by atoms with Crippen LogP contribution in [0.3, 0.4) is 0 Å². The number of rotatable bonds is 7. The van der Waals surface area contributed by atoms with Gasteiger partial charge in [0.1, 0.15) is 12.1 Å². The molecule has 1 aliphatic rings. The molecule has 31 heavy (non-hydrogen) atoms. The Bertz CT molecular complexity index is 952. The van der Waals surface area contributed by atoms with Crippen LogP contribution in [0.15, 0.2) is 12.1 Å². The first-order chi connectivity index (χ1) is 14.3. The van der Waals surface area contributed by atoms with E-state index in [1.165, 1.54) is 20.8 Å². The van der Waals surface area contributed by atoms with E-state index < -0.39 is 77.6 Å². The second kappa shape index (κ2) is 9.02. The smallest absolute Gasteiger partial charge is 0.327 e. The van der Waals surface area contributed by atoms with Crippen LogP contribution in [0, 0.1) is 17.5 Å². The van der Waals surface area contributed by atoms with Gasteiger partial charge in [0.05, 0.1) is 12.2 Å². The second-order valence-electron chi connectivity index (χ2n) is 7.07. The van der Waals surface area contributed by atoms with E-state index in [4.69, 9.17) is 4.74 Å². The van der Waals surface area contributed by atoms with Crippen molar-refractivity contribution in [2.75, 3.05) is 18.4 Å². The van der Waals surface area contributed by atoms with Gasteiger partial charge in [-0.2, -0.15) is 0 Å². The van der Waals surface area contributed by atoms with Crippen molar-refractivity contribution in [3.8, 4) is 0 Å². The zero-order chi connectivity index (χ0) is 23.5. The van der Waals surface area contributed by atoms with E-state index in [0.29, 0.717) is 11.0 Å². The molecular weight excluding hydrogens is 425 g/mol. The Balaban J connectivity index is 1.82. The van der Waals surface area contributed by atoms with Crippen LogP contribution >= 0.6 is 0 Å². The minimum Gasteiger partial charge on any atom is -0.451 e. The number of urea groups is 1. The van der Waals surface area contributed by atoms with Gasteiger partial charge in [0.25, 0.3) is 11.8 Å². The predicted molar refractivity (Wildman–Crippen MR) is 97.8 cm³/mol. The van der Waals surface area contributed by atoms with Crippen LogP contribution in [0.4, 0.5) is 23.7 Å². The second-order valence-corrected chi connectivity index (χ2v) is 7.07. The molecule has 168 valence electrons. The fourth-order valence-electron chi connectivity index (χ4n) is 2.51. The Morgan fingerprint density at radius 3 is 2.39 bits per heavy atom. The average molecular weight is 444 g/mol. The molecule has 1 atom stereocenters. The molecule has 0 saturated carbocycles. The van der Waals surface area contributed by atoms with E-state index in [1.807, 2.05) is 5.32 Å². The highest BCUT2D eigenvalue weighted by Gasteiger charge is 2.45. The number of benzene rings is 1. The summed E-state index contributed by atoms with van der Waals surface area (Å²) in [7, 11) is 0. The summed E-state index contributed by atoms with van der Waals surface area (Å²) in [4.78, 5) is 60.1. The maximum Gasteiger partial charge on any atom is 0.327 e. The van der Waals surface area contributed by atoms with Gasteiger partial charge in [-0.3, -0.25) is 24.1 Å².